The van der Waals surface area contributed by atoms with E-state index in [9.17, 15) is 8.42 Å². The standard InChI is InChI=1S/C18H20ClNO2S2/c1-24(21,22)17-5-3-2-4-14(17)12-23-18-15-9-11-20-10-8-13(15)6-7-16(18)19/h2-7,20H,8-12H2,1H3. The van der Waals surface area contributed by atoms with E-state index in [0.29, 0.717) is 10.6 Å². The fourth-order valence-electron chi connectivity index (χ4n) is 3.00. The van der Waals surface area contributed by atoms with Crippen LogP contribution in [-0.2, 0) is 28.4 Å². The van der Waals surface area contributed by atoms with Gasteiger partial charge in [-0.15, -0.1) is 11.8 Å². The third-order valence-corrected chi connectivity index (χ3v) is 7.01. The molecular weight excluding hydrogens is 362 g/mol. The third-order valence-electron chi connectivity index (χ3n) is 4.18. The molecule has 0 atom stereocenters. The summed E-state index contributed by atoms with van der Waals surface area (Å²) in [4.78, 5) is 1.48. The van der Waals surface area contributed by atoms with Gasteiger partial charge in [0.25, 0.3) is 0 Å². The van der Waals surface area contributed by atoms with Crippen molar-refractivity contribution in [2.24, 2.45) is 0 Å². The fraction of sp³-hybridized carbons (Fsp3) is 0.333. The van der Waals surface area contributed by atoms with Crippen LogP contribution < -0.4 is 5.32 Å². The zero-order valence-electron chi connectivity index (χ0n) is 13.5. The van der Waals surface area contributed by atoms with Crippen molar-refractivity contribution in [3.63, 3.8) is 0 Å². The van der Waals surface area contributed by atoms with E-state index in [2.05, 4.69) is 11.4 Å². The second kappa shape index (κ2) is 7.48. The zero-order valence-corrected chi connectivity index (χ0v) is 15.9. The van der Waals surface area contributed by atoms with Crippen LogP contribution in [-0.4, -0.2) is 27.8 Å². The molecule has 2 aromatic carbocycles. The van der Waals surface area contributed by atoms with Gasteiger partial charge in [-0.1, -0.05) is 35.9 Å². The second-order valence-electron chi connectivity index (χ2n) is 5.93. The fourth-order valence-corrected chi connectivity index (χ4v) is 5.54. The molecule has 0 aromatic heterocycles. The van der Waals surface area contributed by atoms with Crippen molar-refractivity contribution in [1.82, 2.24) is 5.32 Å². The number of fused-ring (bicyclic) bond motifs is 1. The lowest BCUT2D eigenvalue weighted by atomic mass is 10.0. The molecule has 3 nitrogen and oxygen atoms in total. The monoisotopic (exact) mass is 381 g/mol. The van der Waals surface area contributed by atoms with Crippen LogP contribution in [0.3, 0.4) is 0 Å². The molecule has 1 N–H and O–H groups in total. The van der Waals surface area contributed by atoms with E-state index in [1.165, 1.54) is 17.4 Å². The molecule has 6 heteroatoms. The number of hydrogen-bond donors (Lipinski definition) is 1. The van der Waals surface area contributed by atoms with E-state index in [1.807, 2.05) is 18.2 Å². The maximum absolute atomic E-state index is 12.0. The largest absolute Gasteiger partial charge is 0.316 e. The summed E-state index contributed by atoms with van der Waals surface area (Å²) in [6.07, 6.45) is 3.20. The first-order chi connectivity index (χ1) is 11.5. The third kappa shape index (κ3) is 3.97. The molecule has 0 bridgehead atoms. The maximum Gasteiger partial charge on any atom is 0.175 e. The van der Waals surface area contributed by atoms with Gasteiger partial charge in [0.15, 0.2) is 9.84 Å². The minimum absolute atomic E-state index is 0.400. The van der Waals surface area contributed by atoms with E-state index in [1.54, 1.807) is 23.9 Å². The summed E-state index contributed by atoms with van der Waals surface area (Å²) in [6, 6.07) is 11.2. The number of nitrogens with one attached hydrogen (secondary N) is 1. The highest BCUT2D eigenvalue weighted by molar-refractivity contribution is 7.98. The van der Waals surface area contributed by atoms with Gasteiger partial charge in [-0.3, -0.25) is 0 Å². The topological polar surface area (TPSA) is 46.2 Å². The zero-order chi connectivity index (χ0) is 17.2. The van der Waals surface area contributed by atoms with Gasteiger partial charge < -0.3 is 5.32 Å². The van der Waals surface area contributed by atoms with Crippen molar-refractivity contribution in [2.45, 2.75) is 28.4 Å². The molecule has 1 heterocycles. The first-order valence-electron chi connectivity index (χ1n) is 7.88. The Morgan fingerprint density at radius 3 is 2.67 bits per heavy atom. The number of benzene rings is 2. The lowest BCUT2D eigenvalue weighted by molar-refractivity contribution is 0.601. The smallest absolute Gasteiger partial charge is 0.175 e. The van der Waals surface area contributed by atoms with Crippen molar-refractivity contribution in [1.29, 1.82) is 0 Å². The highest BCUT2D eigenvalue weighted by Gasteiger charge is 2.17. The SMILES string of the molecule is CS(=O)(=O)c1ccccc1CSc1c(Cl)ccc2c1CCNCC2. The van der Waals surface area contributed by atoms with Gasteiger partial charge in [0, 0.05) is 16.9 Å². The Hall–Kier alpha value is -1.01. The first kappa shape index (κ1) is 17.8. The molecule has 0 saturated heterocycles. The van der Waals surface area contributed by atoms with Crippen LogP contribution in [0.5, 0.6) is 0 Å². The predicted molar refractivity (Wildman–Crippen MR) is 101 cm³/mol. The Morgan fingerprint density at radius 1 is 1.12 bits per heavy atom. The van der Waals surface area contributed by atoms with Crippen molar-refractivity contribution < 1.29 is 8.42 Å². The predicted octanol–water partition coefficient (Wildman–Crippen LogP) is 3.72. The molecule has 0 saturated carbocycles. The van der Waals surface area contributed by atoms with Gasteiger partial charge >= 0.3 is 0 Å². The van der Waals surface area contributed by atoms with Crippen molar-refractivity contribution >= 4 is 33.2 Å². The summed E-state index contributed by atoms with van der Waals surface area (Å²) in [7, 11) is -3.23. The van der Waals surface area contributed by atoms with Crippen LogP contribution in [0.1, 0.15) is 16.7 Å². The lowest BCUT2D eigenvalue weighted by Crippen LogP contribution is -2.16. The second-order valence-corrected chi connectivity index (χ2v) is 9.31. The summed E-state index contributed by atoms with van der Waals surface area (Å²) in [5, 5.41) is 4.16. The van der Waals surface area contributed by atoms with E-state index in [4.69, 9.17) is 11.6 Å². The summed E-state index contributed by atoms with van der Waals surface area (Å²) in [5.41, 5.74) is 3.46. The summed E-state index contributed by atoms with van der Waals surface area (Å²) in [5.74, 6) is 0.590. The minimum Gasteiger partial charge on any atom is -0.316 e. The molecule has 2 aromatic rings. The summed E-state index contributed by atoms with van der Waals surface area (Å²) < 4.78 is 23.9. The highest BCUT2D eigenvalue weighted by atomic mass is 35.5. The minimum atomic E-state index is -3.23. The first-order valence-corrected chi connectivity index (χ1v) is 11.1. The van der Waals surface area contributed by atoms with Crippen LogP contribution in [0.25, 0.3) is 0 Å². The number of thioether (sulfide) groups is 1. The molecule has 0 radical (unpaired) electrons. The average Bonchev–Trinajstić information content (AvgIpc) is 2.79. The van der Waals surface area contributed by atoms with E-state index in [-0.39, 0.29) is 0 Å². The molecule has 0 spiro atoms. The molecular formula is C18H20ClNO2S2. The van der Waals surface area contributed by atoms with Crippen molar-refractivity contribution in [3.8, 4) is 0 Å². The maximum atomic E-state index is 12.0. The van der Waals surface area contributed by atoms with Gasteiger partial charge in [0.1, 0.15) is 0 Å². The Kier molecular flexibility index (Phi) is 5.55. The molecule has 3 rings (SSSR count). The molecule has 24 heavy (non-hydrogen) atoms. The summed E-state index contributed by atoms with van der Waals surface area (Å²) in [6.45, 7) is 1.93. The molecule has 0 fully saturated rings. The Bertz CT molecular complexity index is 850. The molecule has 1 aliphatic heterocycles. The number of rotatable bonds is 4. The van der Waals surface area contributed by atoms with Gasteiger partial charge in [0.2, 0.25) is 0 Å². The molecule has 1 aliphatic rings. The molecule has 0 amide bonds. The van der Waals surface area contributed by atoms with Crippen LogP contribution in [0.15, 0.2) is 46.2 Å². The number of sulfone groups is 1. The van der Waals surface area contributed by atoms with E-state index in [0.717, 1.165) is 41.4 Å². The van der Waals surface area contributed by atoms with Crippen LogP contribution in [0, 0.1) is 0 Å². The highest BCUT2D eigenvalue weighted by Crippen LogP contribution is 2.36. The molecule has 0 aliphatic carbocycles. The Balaban J connectivity index is 1.91. The Morgan fingerprint density at radius 2 is 1.88 bits per heavy atom. The Labute approximate surface area is 152 Å². The average molecular weight is 382 g/mol. The van der Waals surface area contributed by atoms with Crippen LogP contribution >= 0.6 is 23.4 Å². The van der Waals surface area contributed by atoms with E-state index < -0.39 is 9.84 Å². The van der Waals surface area contributed by atoms with Crippen LogP contribution in [0.4, 0.5) is 0 Å². The van der Waals surface area contributed by atoms with E-state index >= 15 is 0 Å². The summed E-state index contributed by atoms with van der Waals surface area (Å²) >= 11 is 8.08. The number of hydrogen-bond acceptors (Lipinski definition) is 4. The van der Waals surface area contributed by atoms with Gasteiger partial charge in [-0.25, -0.2) is 8.42 Å². The van der Waals surface area contributed by atoms with Gasteiger partial charge in [0.05, 0.1) is 9.92 Å². The number of halogens is 1. The molecule has 128 valence electrons. The normalized spacial score (nSPS) is 14.9. The van der Waals surface area contributed by atoms with Crippen molar-refractivity contribution in [2.75, 3.05) is 19.3 Å². The quantitative estimate of drug-likeness (QED) is 0.820. The van der Waals surface area contributed by atoms with Crippen molar-refractivity contribution in [3.05, 3.63) is 58.1 Å². The molecule has 0 unspecified atom stereocenters. The van der Waals surface area contributed by atoms with Gasteiger partial charge in [-0.2, -0.15) is 0 Å². The van der Waals surface area contributed by atoms with Crippen LogP contribution in [0.2, 0.25) is 5.02 Å². The van der Waals surface area contributed by atoms with Gasteiger partial charge in [-0.05, 0) is 54.8 Å². The lowest BCUT2D eigenvalue weighted by Gasteiger charge is -2.14.